The van der Waals surface area contributed by atoms with E-state index in [4.69, 9.17) is 0 Å². The first-order chi connectivity index (χ1) is 1.73. The van der Waals surface area contributed by atoms with E-state index >= 15 is 0 Å². The van der Waals surface area contributed by atoms with Gasteiger partial charge >= 0.3 is 0 Å². The summed E-state index contributed by atoms with van der Waals surface area (Å²) in [5, 5.41) is 0. The molecule has 25 valence electrons. The van der Waals surface area contributed by atoms with Gasteiger partial charge in [-0.3, -0.25) is 0 Å². The Labute approximate surface area is 30.1 Å². The van der Waals surface area contributed by atoms with Gasteiger partial charge in [0.15, 0.2) is 0 Å². The monoisotopic (exact) mass is 74.0 g/mol. The van der Waals surface area contributed by atoms with Gasteiger partial charge < -0.3 is 4.57 Å². The van der Waals surface area contributed by atoms with Crippen LogP contribution in [0.5, 0.6) is 0 Å². The zero-order valence-corrected chi connectivity index (χ0v) is 4.57. The van der Waals surface area contributed by atoms with Crippen molar-refractivity contribution in [2.45, 2.75) is 0 Å². The molecule has 0 aromatic rings. The summed E-state index contributed by atoms with van der Waals surface area (Å²) >= 11 is 0. The molecule has 0 unspecified atom stereocenters. The minimum Gasteiger partial charge on any atom is -0.336 e. The molecule has 0 atom stereocenters. The van der Waals surface area contributed by atoms with Crippen LogP contribution in [0, 0.1) is 0 Å². The SMILES string of the molecule is CN(C)[SiH2]. The molecule has 1 radical (unpaired) electrons. The molecule has 1 nitrogen and oxygen atoms in total. The highest BCUT2D eigenvalue weighted by Crippen LogP contribution is 1.44. The van der Waals surface area contributed by atoms with E-state index in [0.717, 1.165) is 0 Å². The summed E-state index contributed by atoms with van der Waals surface area (Å²) in [5.74, 6) is 0. The summed E-state index contributed by atoms with van der Waals surface area (Å²) < 4.78 is 2.03. The maximum Gasteiger partial charge on any atom is 0.0961 e. The van der Waals surface area contributed by atoms with Gasteiger partial charge in [0, 0.05) is 0 Å². The van der Waals surface area contributed by atoms with Gasteiger partial charge in [-0.1, -0.05) is 0 Å². The largest absolute Gasteiger partial charge is 0.336 e. The summed E-state index contributed by atoms with van der Waals surface area (Å²) in [6, 6.07) is 0. The van der Waals surface area contributed by atoms with Gasteiger partial charge in [-0.2, -0.15) is 0 Å². The first-order valence-corrected chi connectivity index (χ1v) is 1.84. The fraction of sp³-hybridized carbons (Fsp3) is 1.00. The number of rotatable bonds is 0. The van der Waals surface area contributed by atoms with Gasteiger partial charge in [0.1, 0.15) is 0 Å². The number of hydrogen-bond acceptors (Lipinski definition) is 1. The lowest BCUT2D eigenvalue weighted by Crippen LogP contribution is -2.02. The van der Waals surface area contributed by atoms with Crippen LogP contribution in [0.25, 0.3) is 0 Å². The lowest BCUT2D eigenvalue weighted by atomic mass is 11.3. The Morgan fingerprint density at radius 2 is 1.50 bits per heavy atom. The molecule has 0 N–H and O–H groups in total. The maximum atomic E-state index is 2.03. The second-order valence-corrected chi connectivity index (χ2v) is 2.34. The molecule has 0 rings (SSSR count). The van der Waals surface area contributed by atoms with Crippen molar-refractivity contribution in [1.82, 2.24) is 4.57 Å². The predicted molar refractivity (Wildman–Crippen MR) is 22.2 cm³/mol. The van der Waals surface area contributed by atoms with Crippen LogP contribution in [0.4, 0.5) is 0 Å². The van der Waals surface area contributed by atoms with Crippen molar-refractivity contribution in [3.05, 3.63) is 0 Å². The van der Waals surface area contributed by atoms with Crippen molar-refractivity contribution >= 4 is 10.4 Å². The zero-order valence-electron chi connectivity index (χ0n) is 3.15. The van der Waals surface area contributed by atoms with Crippen molar-refractivity contribution in [3.63, 3.8) is 0 Å². The van der Waals surface area contributed by atoms with Crippen LogP contribution < -0.4 is 0 Å². The summed E-state index contributed by atoms with van der Waals surface area (Å²) in [5.41, 5.74) is 0. The standard InChI is InChI=1S/C2H8NSi/c1-3(2)4/h4H2,1-2H3. The summed E-state index contributed by atoms with van der Waals surface area (Å²) in [4.78, 5) is 0. The van der Waals surface area contributed by atoms with Crippen LogP contribution in [0.2, 0.25) is 0 Å². The van der Waals surface area contributed by atoms with E-state index in [1.165, 1.54) is 0 Å². The smallest absolute Gasteiger partial charge is 0.0961 e. The van der Waals surface area contributed by atoms with Crippen LogP contribution in [0.1, 0.15) is 0 Å². The minimum atomic E-state index is 1.84. The molecule has 4 heavy (non-hydrogen) atoms. The Morgan fingerprint density at radius 3 is 1.50 bits per heavy atom. The van der Waals surface area contributed by atoms with Crippen LogP contribution in [0.15, 0.2) is 0 Å². The Kier molecular flexibility index (Phi) is 1.56. The van der Waals surface area contributed by atoms with Crippen molar-refractivity contribution in [1.29, 1.82) is 0 Å². The average Bonchev–Trinajstić information content (AvgIpc) is 0.811. The molecule has 0 saturated carbocycles. The molecule has 0 aromatic heterocycles. The van der Waals surface area contributed by atoms with Crippen molar-refractivity contribution in [2.24, 2.45) is 0 Å². The van der Waals surface area contributed by atoms with Crippen LogP contribution >= 0.6 is 0 Å². The molecule has 0 bridgehead atoms. The predicted octanol–water partition coefficient (Wildman–Crippen LogP) is -0.904. The Balaban J connectivity index is 2.32. The third-order valence-corrected chi connectivity index (χ3v) is 0. The van der Waals surface area contributed by atoms with E-state index in [9.17, 15) is 0 Å². The second kappa shape index (κ2) is 1.49. The van der Waals surface area contributed by atoms with Gasteiger partial charge in [-0.15, -0.1) is 0 Å². The molecular formula is C2H8NSi. The quantitative estimate of drug-likeness (QED) is 0.336. The Hall–Kier alpha value is 0.177. The first kappa shape index (κ1) is 4.18. The molecule has 0 amide bonds. The lowest BCUT2D eigenvalue weighted by Gasteiger charge is -1.90. The van der Waals surface area contributed by atoms with E-state index in [-0.39, 0.29) is 0 Å². The van der Waals surface area contributed by atoms with E-state index < -0.39 is 0 Å². The second-order valence-electron chi connectivity index (χ2n) is 1.08. The minimum absolute atomic E-state index is 1.84. The highest BCUT2D eigenvalue weighted by Gasteiger charge is 1.58. The lowest BCUT2D eigenvalue weighted by molar-refractivity contribution is 0.679. The van der Waals surface area contributed by atoms with Crippen molar-refractivity contribution in [3.8, 4) is 0 Å². The molecule has 0 spiro atoms. The molecule has 0 aliphatic heterocycles. The van der Waals surface area contributed by atoms with Crippen molar-refractivity contribution < 1.29 is 0 Å². The van der Waals surface area contributed by atoms with Gasteiger partial charge in [0.25, 0.3) is 0 Å². The molecule has 0 fully saturated rings. The molecule has 0 aromatic carbocycles. The normalized spacial score (nSPS) is 9.00. The van der Waals surface area contributed by atoms with Gasteiger partial charge in [0.2, 0.25) is 0 Å². The van der Waals surface area contributed by atoms with E-state index in [1.807, 2.05) is 29.1 Å². The average molecular weight is 74.2 g/mol. The van der Waals surface area contributed by atoms with Crippen molar-refractivity contribution in [2.75, 3.05) is 14.1 Å². The van der Waals surface area contributed by atoms with E-state index in [0.29, 0.717) is 0 Å². The molecule has 2 heteroatoms. The van der Waals surface area contributed by atoms with Gasteiger partial charge in [0.05, 0.1) is 10.4 Å². The third-order valence-electron chi connectivity index (χ3n) is 0. The molecular weight excluding hydrogens is 66.1 g/mol. The molecule has 0 heterocycles. The summed E-state index contributed by atoms with van der Waals surface area (Å²) in [6.07, 6.45) is 0. The number of nitrogens with zero attached hydrogens (tertiary/aromatic N) is 1. The van der Waals surface area contributed by atoms with Crippen LogP contribution in [-0.4, -0.2) is 29.1 Å². The molecule has 0 aliphatic carbocycles. The Morgan fingerprint density at radius 1 is 1.50 bits per heavy atom. The van der Waals surface area contributed by atoms with E-state index in [2.05, 4.69) is 0 Å². The summed E-state index contributed by atoms with van der Waals surface area (Å²) in [6.45, 7) is 0. The zero-order chi connectivity index (χ0) is 3.58. The van der Waals surface area contributed by atoms with Gasteiger partial charge in [-0.05, 0) is 14.1 Å². The van der Waals surface area contributed by atoms with Gasteiger partial charge in [-0.25, -0.2) is 0 Å². The third kappa shape index (κ3) is 96.4. The fourth-order valence-electron chi connectivity index (χ4n) is 0. The van der Waals surface area contributed by atoms with Crippen LogP contribution in [0.3, 0.4) is 0 Å². The molecule has 0 aliphatic rings. The number of hydrogen-bond donors (Lipinski definition) is 0. The maximum absolute atomic E-state index is 2.03. The Bertz CT molecular complexity index is 10.8. The summed E-state index contributed by atoms with van der Waals surface area (Å²) in [7, 11) is 5.86. The van der Waals surface area contributed by atoms with Crippen LogP contribution in [-0.2, 0) is 0 Å². The fourth-order valence-corrected chi connectivity index (χ4v) is 0. The van der Waals surface area contributed by atoms with E-state index in [1.54, 1.807) is 0 Å². The highest BCUT2D eigenvalue weighted by atomic mass is 28.2. The topological polar surface area (TPSA) is 3.24 Å². The highest BCUT2D eigenvalue weighted by molar-refractivity contribution is 6.03. The first-order valence-electron chi connectivity index (χ1n) is 1.21. The molecule has 0 saturated heterocycles.